The number of aliphatic carboxylic acids is 1. The van der Waals surface area contributed by atoms with Crippen molar-refractivity contribution < 1.29 is 24.7 Å². The smallest absolute Gasteiger partial charge is 0.326 e. The lowest BCUT2D eigenvalue weighted by Crippen LogP contribution is -2.55. The minimum absolute atomic E-state index is 0.0328. The molecule has 0 aliphatic rings. The van der Waals surface area contributed by atoms with Crippen molar-refractivity contribution in [1.29, 1.82) is 0 Å². The molecule has 0 aliphatic carbocycles. The van der Waals surface area contributed by atoms with E-state index >= 15 is 0 Å². The van der Waals surface area contributed by atoms with Gasteiger partial charge in [-0.25, -0.2) is 4.79 Å². The molecule has 1 aromatic rings. The third-order valence-electron chi connectivity index (χ3n) is 3.57. The average Bonchev–Trinajstić information content (AvgIpc) is 2.58. The van der Waals surface area contributed by atoms with Crippen LogP contribution in [0.5, 0.6) is 0 Å². The van der Waals surface area contributed by atoms with Crippen LogP contribution in [0.25, 0.3) is 0 Å². The third-order valence-corrected chi connectivity index (χ3v) is 3.94. The molecular formula is C16H23N3O5S. The molecule has 0 bridgehead atoms. The predicted octanol–water partition coefficient (Wildman–Crippen LogP) is 0.347. The van der Waals surface area contributed by atoms with Gasteiger partial charge in [0.1, 0.15) is 18.1 Å². The zero-order chi connectivity index (χ0) is 19.0. The number of rotatable bonds is 9. The molecule has 0 radical (unpaired) electrons. The molecule has 0 aliphatic heterocycles. The first-order valence-electron chi connectivity index (χ1n) is 7.70. The van der Waals surface area contributed by atoms with Crippen LogP contribution >= 0.6 is 12.6 Å². The van der Waals surface area contributed by atoms with Crippen molar-refractivity contribution in [2.45, 2.75) is 32.0 Å². The number of hydrogen-bond donors (Lipinski definition) is 6. The number of hydroxylamine groups is 1. The van der Waals surface area contributed by atoms with Crippen LogP contribution in [-0.2, 0) is 14.4 Å². The maximum atomic E-state index is 12.3. The van der Waals surface area contributed by atoms with Crippen LogP contribution in [0, 0.1) is 5.92 Å². The van der Waals surface area contributed by atoms with Gasteiger partial charge < -0.3 is 20.9 Å². The van der Waals surface area contributed by atoms with E-state index in [1.807, 2.05) is 5.48 Å². The molecule has 2 amide bonds. The van der Waals surface area contributed by atoms with Gasteiger partial charge in [-0.3, -0.25) is 9.59 Å². The summed E-state index contributed by atoms with van der Waals surface area (Å²) in [4.78, 5) is 35.8. The molecule has 1 rings (SSSR count). The Hall–Kier alpha value is -2.10. The number of benzene rings is 1. The summed E-state index contributed by atoms with van der Waals surface area (Å²) in [5.74, 6) is -2.82. The van der Waals surface area contributed by atoms with Gasteiger partial charge in [0.15, 0.2) is 0 Å². The fourth-order valence-corrected chi connectivity index (χ4v) is 2.40. The van der Waals surface area contributed by atoms with Crippen LogP contribution in [0.4, 0.5) is 0 Å². The molecule has 1 unspecified atom stereocenters. The number of thiol groups is 1. The molecule has 0 fully saturated rings. The Morgan fingerprint density at radius 2 is 1.68 bits per heavy atom. The van der Waals surface area contributed by atoms with Crippen molar-refractivity contribution >= 4 is 30.4 Å². The van der Waals surface area contributed by atoms with Crippen LogP contribution in [0.3, 0.4) is 0 Å². The number of hydrogen-bond acceptors (Lipinski definition) is 6. The van der Waals surface area contributed by atoms with E-state index in [2.05, 4.69) is 23.3 Å². The van der Waals surface area contributed by atoms with Gasteiger partial charge in [0.25, 0.3) is 0 Å². The number of carbonyl (C=O) groups is 3. The van der Waals surface area contributed by atoms with Gasteiger partial charge >= 0.3 is 5.97 Å². The SMILES string of the molecule is CC(C)[C@H](NC(=O)[C@H](CS)NC(=O)C(NO)c1ccccc1)C(=O)O. The van der Waals surface area contributed by atoms with Crippen molar-refractivity contribution in [2.24, 2.45) is 5.92 Å². The van der Waals surface area contributed by atoms with Crippen molar-refractivity contribution in [1.82, 2.24) is 16.1 Å². The first-order chi connectivity index (χ1) is 11.8. The van der Waals surface area contributed by atoms with Gasteiger partial charge in [0, 0.05) is 5.75 Å². The normalized spacial score (nSPS) is 14.4. The van der Waals surface area contributed by atoms with Gasteiger partial charge in [-0.2, -0.15) is 18.1 Å². The molecule has 0 saturated heterocycles. The zero-order valence-corrected chi connectivity index (χ0v) is 14.9. The summed E-state index contributed by atoms with van der Waals surface area (Å²) >= 11 is 4.03. The second-order valence-electron chi connectivity index (χ2n) is 5.79. The largest absolute Gasteiger partial charge is 0.480 e. The fraction of sp³-hybridized carbons (Fsp3) is 0.438. The van der Waals surface area contributed by atoms with E-state index < -0.39 is 35.9 Å². The lowest BCUT2D eigenvalue weighted by Gasteiger charge is -2.24. The molecule has 9 heteroatoms. The first-order valence-corrected chi connectivity index (χ1v) is 8.34. The van der Waals surface area contributed by atoms with Gasteiger partial charge in [-0.15, -0.1) is 0 Å². The molecule has 0 heterocycles. The van der Waals surface area contributed by atoms with Crippen molar-refractivity contribution in [3.63, 3.8) is 0 Å². The molecule has 25 heavy (non-hydrogen) atoms. The van der Waals surface area contributed by atoms with Crippen LogP contribution < -0.4 is 16.1 Å². The number of carboxylic acid groups (broad SMARTS) is 1. The number of amides is 2. The minimum atomic E-state index is -1.16. The lowest BCUT2D eigenvalue weighted by molar-refractivity contribution is -0.143. The summed E-state index contributed by atoms with van der Waals surface area (Å²) in [7, 11) is 0. The summed E-state index contributed by atoms with van der Waals surface area (Å²) in [6.07, 6.45) is 0. The van der Waals surface area contributed by atoms with Crippen LogP contribution in [0.2, 0.25) is 0 Å². The average molecular weight is 369 g/mol. The van der Waals surface area contributed by atoms with E-state index in [1.54, 1.807) is 44.2 Å². The Kier molecular flexibility index (Phi) is 8.39. The zero-order valence-electron chi connectivity index (χ0n) is 14.0. The lowest BCUT2D eigenvalue weighted by atomic mass is 10.0. The molecular weight excluding hydrogens is 346 g/mol. The first kappa shape index (κ1) is 20.9. The van der Waals surface area contributed by atoms with Gasteiger partial charge in [0.2, 0.25) is 11.8 Å². The highest BCUT2D eigenvalue weighted by molar-refractivity contribution is 7.80. The van der Waals surface area contributed by atoms with E-state index in [9.17, 15) is 19.6 Å². The van der Waals surface area contributed by atoms with Crippen molar-refractivity contribution in [3.05, 3.63) is 35.9 Å². The summed E-state index contributed by atoms with van der Waals surface area (Å²) in [5, 5.41) is 23.2. The highest BCUT2D eigenvalue weighted by Gasteiger charge is 2.29. The highest BCUT2D eigenvalue weighted by Crippen LogP contribution is 2.12. The van der Waals surface area contributed by atoms with Crippen LogP contribution in [0.15, 0.2) is 30.3 Å². The topological polar surface area (TPSA) is 128 Å². The fourth-order valence-electron chi connectivity index (χ4n) is 2.15. The maximum Gasteiger partial charge on any atom is 0.326 e. The Morgan fingerprint density at radius 1 is 1.08 bits per heavy atom. The highest BCUT2D eigenvalue weighted by atomic mass is 32.1. The number of carbonyl (C=O) groups excluding carboxylic acids is 2. The van der Waals surface area contributed by atoms with Gasteiger partial charge in [-0.1, -0.05) is 44.2 Å². The summed E-state index contributed by atoms with van der Waals surface area (Å²) < 4.78 is 0. The summed E-state index contributed by atoms with van der Waals surface area (Å²) in [6.45, 7) is 3.32. The van der Waals surface area contributed by atoms with Crippen LogP contribution in [-0.4, -0.2) is 45.9 Å². The molecule has 0 spiro atoms. The molecule has 0 aromatic heterocycles. The number of carboxylic acids is 1. The summed E-state index contributed by atoms with van der Waals surface area (Å²) in [6, 6.07) is 5.26. The Balaban J connectivity index is 2.81. The second-order valence-corrected chi connectivity index (χ2v) is 6.15. The minimum Gasteiger partial charge on any atom is -0.480 e. The molecule has 1 aromatic carbocycles. The van der Waals surface area contributed by atoms with E-state index in [4.69, 9.17) is 5.11 Å². The van der Waals surface area contributed by atoms with E-state index in [-0.39, 0.29) is 11.7 Å². The van der Waals surface area contributed by atoms with Crippen molar-refractivity contribution in [2.75, 3.05) is 5.75 Å². The second kappa shape index (κ2) is 10.0. The predicted molar refractivity (Wildman–Crippen MR) is 94.3 cm³/mol. The molecule has 5 N–H and O–H groups in total. The molecule has 3 atom stereocenters. The van der Waals surface area contributed by atoms with Crippen molar-refractivity contribution in [3.8, 4) is 0 Å². The van der Waals surface area contributed by atoms with E-state index in [0.717, 1.165) is 0 Å². The van der Waals surface area contributed by atoms with Gasteiger partial charge in [-0.05, 0) is 11.5 Å². The van der Waals surface area contributed by atoms with Crippen LogP contribution in [0.1, 0.15) is 25.5 Å². The van der Waals surface area contributed by atoms with Gasteiger partial charge in [0.05, 0.1) is 0 Å². The van der Waals surface area contributed by atoms with E-state index in [1.165, 1.54) is 0 Å². The molecule has 8 nitrogen and oxygen atoms in total. The third kappa shape index (κ3) is 6.04. The quantitative estimate of drug-likeness (QED) is 0.275. The molecule has 138 valence electrons. The Labute approximate surface area is 151 Å². The number of nitrogens with one attached hydrogen (secondary N) is 3. The molecule has 0 saturated carbocycles. The standard InChI is InChI=1S/C16H23N3O5S/c1-9(2)12(16(22)23)18-14(20)11(8-25)17-15(21)13(19-24)10-6-4-3-5-7-10/h3-7,9,11-13,19,24-25H,8H2,1-2H3,(H,17,21)(H,18,20)(H,22,23)/t11-,12-,13?/m0/s1. The maximum absolute atomic E-state index is 12.3. The monoisotopic (exact) mass is 369 g/mol. The Morgan fingerprint density at radius 3 is 2.12 bits per heavy atom. The van der Waals surface area contributed by atoms with E-state index in [0.29, 0.717) is 5.56 Å². The Bertz CT molecular complexity index is 597. The summed E-state index contributed by atoms with van der Waals surface area (Å²) in [5.41, 5.74) is 2.41.